The summed E-state index contributed by atoms with van der Waals surface area (Å²) in [5.41, 5.74) is 0. The van der Waals surface area contributed by atoms with Gasteiger partial charge >= 0.3 is 0 Å². The fourth-order valence-corrected chi connectivity index (χ4v) is 2.55. The van der Waals surface area contributed by atoms with Crippen LogP contribution in [0.5, 0.6) is 0 Å². The molecule has 7 nitrogen and oxygen atoms in total. The first-order valence-electron chi connectivity index (χ1n) is 6.63. The Hall–Kier alpha value is -1.63. The molecule has 0 aromatic heterocycles. The molecule has 106 valence electrons. The van der Waals surface area contributed by atoms with Crippen LogP contribution in [-0.2, 0) is 14.4 Å². The lowest BCUT2D eigenvalue weighted by molar-refractivity contribution is -0.145. The molecule has 3 N–H and O–H groups in total. The summed E-state index contributed by atoms with van der Waals surface area (Å²) in [6.45, 7) is 2.08. The normalized spacial score (nSPS) is 27.6. The number of piperidine rings is 1. The van der Waals surface area contributed by atoms with Crippen LogP contribution in [0.15, 0.2) is 0 Å². The van der Waals surface area contributed by atoms with Crippen molar-refractivity contribution >= 4 is 17.7 Å². The van der Waals surface area contributed by atoms with Crippen LogP contribution < -0.4 is 16.0 Å². The van der Waals surface area contributed by atoms with Crippen LogP contribution >= 0.6 is 0 Å². The van der Waals surface area contributed by atoms with Gasteiger partial charge in [0, 0.05) is 39.6 Å². The number of piperazine rings is 1. The number of nitrogens with one attached hydrogen (secondary N) is 3. The predicted molar refractivity (Wildman–Crippen MR) is 68.2 cm³/mol. The van der Waals surface area contributed by atoms with E-state index in [4.69, 9.17) is 0 Å². The number of carbonyl (C=O) groups is 3. The molecule has 0 saturated carbocycles. The van der Waals surface area contributed by atoms with Gasteiger partial charge in [0.15, 0.2) is 0 Å². The average molecular weight is 268 g/mol. The minimum Gasteiger partial charge on any atom is -0.357 e. The predicted octanol–water partition coefficient (Wildman–Crippen LogP) is -1.94. The number of carbonyl (C=O) groups excluding carboxylic acids is 3. The highest BCUT2D eigenvalue weighted by Crippen LogP contribution is 2.17. The van der Waals surface area contributed by atoms with Gasteiger partial charge in [0.1, 0.15) is 6.04 Å². The van der Waals surface area contributed by atoms with Gasteiger partial charge in [-0.1, -0.05) is 0 Å². The summed E-state index contributed by atoms with van der Waals surface area (Å²) in [7, 11) is 1.57. The summed E-state index contributed by atoms with van der Waals surface area (Å²) < 4.78 is 0. The Bertz CT molecular complexity index is 375. The maximum atomic E-state index is 12.5. The van der Waals surface area contributed by atoms with Crippen molar-refractivity contribution in [1.82, 2.24) is 20.9 Å². The van der Waals surface area contributed by atoms with Crippen LogP contribution in [0.2, 0.25) is 0 Å². The van der Waals surface area contributed by atoms with Gasteiger partial charge in [-0.25, -0.2) is 0 Å². The molecule has 0 bridgehead atoms. The van der Waals surface area contributed by atoms with E-state index in [0.29, 0.717) is 39.0 Å². The van der Waals surface area contributed by atoms with Crippen molar-refractivity contribution < 1.29 is 14.4 Å². The number of hydrogen-bond donors (Lipinski definition) is 3. The lowest BCUT2D eigenvalue weighted by Crippen LogP contribution is -2.61. The van der Waals surface area contributed by atoms with Crippen molar-refractivity contribution in [3.05, 3.63) is 0 Å². The minimum atomic E-state index is -0.455. The summed E-state index contributed by atoms with van der Waals surface area (Å²) in [5.74, 6) is -0.398. The second kappa shape index (κ2) is 6.01. The molecule has 2 aliphatic heterocycles. The van der Waals surface area contributed by atoms with Crippen LogP contribution in [0.3, 0.4) is 0 Å². The van der Waals surface area contributed by atoms with Crippen LogP contribution in [-0.4, -0.2) is 61.9 Å². The van der Waals surface area contributed by atoms with Gasteiger partial charge in [-0.05, 0) is 6.42 Å². The molecule has 0 radical (unpaired) electrons. The lowest BCUT2D eigenvalue weighted by Gasteiger charge is -2.37. The highest BCUT2D eigenvalue weighted by Gasteiger charge is 2.36. The quantitative estimate of drug-likeness (QED) is 0.543. The van der Waals surface area contributed by atoms with Crippen molar-refractivity contribution in [3.63, 3.8) is 0 Å². The van der Waals surface area contributed by atoms with Crippen molar-refractivity contribution in [1.29, 1.82) is 0 Å². The molecule has 2 atom stereocenters. The van der Waals surface area contributed by atoms with E-state index in [-0.39, 0.29) is 23.6 Å². The van der Waals surface area contributed by atoms with Crippen LogP contribution in [0.4, 0.5) is 0 Å². The zero-order chi connectivity index (χ0) is 13.8. The third kappa shape index (κ3) is 3.04. The van der Waals surface area contributed by atoms with E-state index in [1.807, 2.05) is 0 Å². The molecule has 0 aromatic carbocycles. The number of likely N-dealkylation sites (N-methyl/N-ethyl adjacent to an activating group) is 1. The van der Waals surface area contributed by atoms with Gasteiger partial charge in [-0.15, -0.1) is 0 Å². The number of nitrogens with zero attached hydrogens (tertiary/aromatic N) is 1. The second-order valence-electron chi connectivity index (χ2n) is 4.91. The molecular weight excluding hydrogens is 248 g/mol. The molecule has 2 unspecified atom stereocenters. The highest BCUT2D eigenvalue weighted by atomic mass is 16.2. The zero-order valence-electron chi connectivity index (χ0n) is 11.1. The first-order chi connectivity index (χ1) is 9.13. The van der Waals surface area contributed by atoms with Crippen molar-refractivity contribution in [2.45, 2.75) is 18.9 Å². The van der Waals surface area contributed by atoms with E-state index < -0.39 is 6.04 Å². The molecule has 7 heteroatoms. The largest absolute Gasteiger partial charge is 0.357 e. The Labute approximate surface area is 112 Å². The monoisotopic (exact) mass is 268 g/mol. The Balaban J connectivity index is 2.03. The highest BCUT2D eigenvalue weighted by molar-refractivity contribution is 5.90. The Morgan fingerprint density at radius 2 is 2.16 bits per heavy atom. The first-order valence-corrected chi connectivity index (χ1v) is 6.63. The van der Waals surface area contributed by atoms with Gasteiger partial charge < -0.3 is 20.9 Å². The van der Waals surface area contributed by atoms with Gasteiger partial charge in [0.05, 0.1) is 5.92 Å². The third-order valence-corrected chi connectivity index (χ3v) is 3.69. The third-order valence-electron chi connectivity index (χ3n) is 3.69. The smallest absolute Gasteiger partial charge is 0.243 e. The second-order valence-corrected chi connectivity index (χ2v) is 4.91. The molecule has 2 rings (SSSR count). The molecule has 2 fully saturated rings. The maximum Gasteiger partial charge on any atom is 0.243 e. The molecule has 2 saturated heterocycles. The fourth-order valence-electron chi connectivity index (χ4n) is 2.55. The molecule has 19 heavy (non-hydrogen) atoms. The molecule has 0 aromatic rings. The van der Waals surface area contributed by atoms with Crippen LogP contribution in [0, 0.1) is 5.92 Å². The molecule has 2 aliphatic rings. The van der Waals surface area contributed by atoms with E-state index in [2.05, 4.69) is 16.0 Å². The SMILES string of the molecule is CNC(=O)C1CNCCN1C(=O)C1CCC(=O)NC1. The van der Waals surface area contributed by atoms with Gasteiger partial charge in [-0.2, -0.15) is 0 Å². The Morgan fingerprint density at radius 1 is 1.37 bits per heavy atom. The molecule has 3 amide bonds. The standard InChI is InChI=1S/C12H20N4O3/c1-13-11(18)9-7-14-4-5-16(9)12(19)8-2-3-10(17)15-6-8/h8-9,14H,2-7H2,1H3,(H,13,18)(H,15,17). The maximum absolute atomic E-state index is 12.5. The fraction of sp³-hybridized carbons (Fsp3) is 0.750. The summed E-state index contributed by atoms with van der Waals surface area (Å²) in [6.07, 6.45) is 0.947. The topological polar surface area (TPSA) is 90.5 Å². The number of hydrogen-bond acceptors (Lipinski definition) is 4. The van der Waals surface area contributed by atoms with E-state index >= 15 is 0 Å². The summed E-state index contributed by atoms with van der Waals surface area (Å²) in [6, 6.07) is -0.455. The van der Waals surface area contributed by atoms with Crippen molar-refractivity contribution in [2.24, 2.45) is 5.92 Å². The zero-order valence-corrected chi connectivity index (χ0v) is 11.1. The van der Waals surface area contributed by atoms with Gasteiger partial charge in [0.2, 0.25) is 17.7 Å². The van der Waals surface area contributed by atoms with Crippen LogP contribution in [0.25, 0.3) is 0 Å². The van der Waals surface area contributed by atoms with E-state index in [1.165, 1.54) is 0 Å². The Kier molecular flexibility index (Phi) is 4.36. The molecular formula is C12H20N4O3. The summed E-state index contributed by atoms with van der Waals surface area (Å²) >= 11 is 0. The number of amides is 3. The summed E-state index contributed by atoms with van der Waals surface area (Å²) in [4.78, 5) is 37.0. The van der Waals surface area contributed by atoms with Crippen molar-refractivity contribution in [2.75, 3.05) is 33.2 Å². The minimum absolute atomic E-state index is 0.00721. The van der Waals surface area contributed by atoms with Crippen LogP contribution in [0.1, 0.15) is 12.8 Å². The molecule has 2 heterocycles. The Morgan fingerprint density at radius 3 is 2.79 bits per heavy atom. The van der Waals surface area contributed by atoms with E-state index in [9.17, 15) is 14.4 Å². The van der Waals surface area contributed by atoms with Crippen molar-refractivity contribution in [3.8, 4) is 0 Å². The first kappa shape index (κ1) is 13.8. The number of rotatable bonds is 2. The lowest BCUT2D eigenvalue weighted by atomic mass is 9.96. The van der Waals surface area contributed by atoms with Gasteiger partial charge in [0.25, 0.3) is 0 Å². The summed E-state index contributed by atoms with van der Waals surface area (Å²) in [5, 5.41) is 8.41. The average Bonchev–Trinajstić information content (AvgIpc) is 2.46. The van der Waals surface area contributed by atoms with E-state index in [0.717, 1.165) is 0 Å². The molecule has 0 aliphatic carbocycles. The van der Waals surface area contributed by atoms with E-state index in [1.54, 1.807) is 11.9 Å². The molecule has 0 spiro atoms. The van der Waals surface area contributed by atoms with Gasteiger partial charge in [-0.3, -0.25) is 14.4 Å².